The standard InChI is InChI=1S/C33H35NO/c1-3-33(31-20-13-21-32(22-31)35-26-30-18-11-6-12-19-30)27(2)23-34(24-28-14-7-4-8-15-28)25-29-16-9-5-10-17-29/h3-22,27,33H,1,23-26H2,2H3/t27-,33+/m0/s1. The molecule has 0 heterocycles. The molecule has 0 aromatic heterocycles. The Bertz CT molecular complexity index is 1120. The minimum atomic E-state index is 0.240. The fourth-order valence-electron chi connectivity index (χ4n) is 4.64. The molecule has 0 saturated heterocycles. The first-order valence-electron chi connectivity index (χ1n) is 12.4. The number of rotatable bonds is 12. The van der Waals surface area contributed by atoms with E-state index in [0.29, 0.717) is 12.5 Å². The number of nitrogens with zero attached hydrogens (tertiary/aromatic N) is 1. The Labute approximate surface area is 210 Å². The van der Waals surface area contributed by atoms with Crippen LogP contribution in [0, 0.1) is 5.92 Å². The molecule has 0 saturated carbocycles. The van der Waals surface area contributed by atoms with Gasteiger partial charge < -0.3 is 4.74 Å². The minimum absolute atomic E-state index is 0.240. The van der Waals surface area contributed by atoms with Crippen LogP contribution in [-0.2, 0) is 19.7 Å². The normalized spacial score (nSPS) is 12.7. The van der Waals surface area contributed by atoms with Gasteiger partial charge in [-0.3, -0.25) is 4.90 Å². The minimum Gasteiger partial charge on any atom is -0.489 e. The van der Waals surface area contributed by atoms with Crippen LogP contribution in [0.3, 0.4) is 0 Å². The van der Waals surface area contributed by atoms with Crippen molar-refractivity contribution < 1.29 is 4.74 Å². The van der Waals surface area contributed by atoms with Gasteiger partial charge in [-0.25, -0.2) is 0 Å². The molecule has 4 aromatic carbocycles. The molecule has 0 N–H and O–H groups in total. The van der Waals surface area contributed by atoms with E-state index in [4.69, 9.17) is 4.74 Å². The molecule has 0 amide bonds. The van der Waals surface area contributed by atoms with Gasteiger partial charge in [-0.1, -0.05) is 116 Å². The molecule has 0 spiro atoms. The highest BCUT2D eigenvalue weighted by Crippen LogP contribution is 2.30. The zero-order valence-corrected chi connectivity index (χ0v) is 20.6. The van der Waals surface area contributed by atoms with Crippen LogP contribution in [0.25, 0.3) is 0 Å². The highest BCUT2D eigenvalue weighted by Gasteiger charge is 2.20. The second-order valence-corrected chi connectivity index (χ2v) is 9.23. The third-order valence-corrected chi connectivity index (χ3v) is 6.40. The summed E-state index contributed by atoms with van der Waals surface area (Å²) in [5, 5.41) is 0. The van der Waals surface area contributed by atoms with Crippen LogP contribution in [0.2, 0.25) is 0 Å². The SMILES string of the molecule is C=C[C@@H](c1cccc(OCc2ccccc2)c1)[C@@H](C)CN(Cc1ccccc1)Cc1ccccc1. The Kier molecular flexibility index (Phi) is 8.91. The summed E-state index contributed by atoms with van der Waals surface area (Å²) in [6.07, 6.45) is 2.09. The number of allylic oxidation sites excluding steroid dienone is 1. The molecule has 0 radical (unpaired) electrons. The highest BCUT2D eigenvalue weighted by molar-refractivity contribution is 5.33. The largest absolute Gasteiger partial charge is 0.489 e. The molecule has 0 aliphatic carbocycles. The van der Waals surface area contributed by atoms with Gasteiger partial charge in [0.05, 0.1) is 0 Å². The lowest BCUT2D eigenvalue weighted by molar-refractivity contribution is 0.213. The van der Waals surface area contributed by atoms with Gasteiger partial charge in [0.25, 0.3) is 0 Å². The van der Waals surface area contributed by atoms with Crippen LogP contribution in [-0.4, -0.2) is 11.4 Å². The lowest BCUT2D eigenvalue weighted by Crippen LogP contribution is -2.30. The Balaban J connectivity index is 1.46. The second kappa shape index (κ2) is 12.7. The first kappa shape index (κ1) is 24.5. The van der Waals surface area contributed by atoms with E-state index >= 15 is 0 Å². The fourth-order valence-corrected chi connectivity index (χ4v) is 4.64. The average Bonchev–Trinajstić information content (AvgIpc) is 2.90. The summed E-state index contributed by atoms with van der Waals surface area (Å²) in [7, 11) is 0. The highest BCUT2D eigenvalue weighted by atomic mass is 16.5. The molecule has 2 heteroatoms. The van der Waals surface area contributed by atoms with Crippen LogP contribution < -0.4 is 4.74 Å². The first-order chi connectivity index (χ1) is 17.2. The Hall–Kier alpha value is -3.62. The van der Waals surface area contributed by atoms with Crippen LogP contribution in [0.5, 0.6) is 5.75 Å². The van der Waals surface area contributed by atoms with Gasteiger partial charge in [0.1, 0.15) is 12.4 Å². The van der Waals surface area contributed by atoms with E-state index in [1.54, 1.807) is 0 Å². The number of hydrogen-bond acceptors (Lipinski definition) is 2. The van der Waals surface area contributed by atoms with Crippen molar-refractivity contribution in [1.29, 1.82) is 0 Å². The predicted molar refractivity (Wildman–Crippen MR) is 146 cm³/mol. The quantitative estimate of drug-likeness (QED) is 0.199. The third-order valence-electron chi connectivity index (χ3n) is 6.40. The van der Waals surface area contributed by atoms with Gasteiger partial charge >= 0.3 is 0 Å². The lowest BCUT2D eigenvalue weighted by atomic mass is 9.86. The van der Waals surface area contributed by atoms with Crippen molar-refractivity contribution >= 4 is 0 Å². The maximum absolute atomic E-state index is 6.10. The van der Waals surface area contributed by atoms with E-state index in [9.17, 15) is 0 Å². The van der Waals surface area contributed by atoms with Crippen molar-refractivity contribution in [2.75, 3.05) is 6.54 Å². The average molecular weight is 462 g/mol. The predicted octanol–water partition coefficient (Wildman–Crippen LogP) is 7.87. The third kappa shape index (κ3) is 7.43. The second-order valence-electron chi connectivity index (χ2n) is 9.23. The van der Waals surface area contributed by atoms with Gasteiger partial charge in [-0.15, -0.1) is 6.58 Å². The zero-order valence-electron chi connectivity index (χ0n) is 20.6. The molecular formula is C33H35NO. The summed E-state index contributed by atoms with van der Waals surface area (Å²) in [4.78, 5) is 2.54. The Morgan fingerprint density at radius 1 is 0.714 bits per heavy atom. The molecule has 0 aliphatic heterocycles. The van der Waals surface area contributed by atoms with Crippen molar-refractivity contribution in [1.82, 2.24) is 4.90 Å². The molecule has 0 aliphatic rings. The summed E-state index contributed by atoms with van der Waals surface area (Å²) in [5.74, 6) is 1.53. The van der Waals surface area contributed by atoms with E-state index in [1.165, 1.54) is 22.3 Å². The van der Waals surface area contributed by atoms with Crippen LogP contribution in [0.4, 0.5) is 0 Å². The van der Waals surface area contributed by atoms with Gasteiger partial charge in [-0.2, -0.15) is 0 Å². The fraction of sp³-hybridized carbons (Fsp3) is 0.212. The number of benzene rings is 4. The van der Waals surface area contributed by atoms with Crippen molar-refractivity contribution in [2.45, 2.75) is 32.5 Å². The number of ether oxygens (including phenoxy) is 1. The van der Waals surface area contributed by atoms with E-state index in [0.717, 1.165) is 25.4 Å². The van der Waals surface area contributed by atoms with Crippen LogP contribution in [0.15, 0.2) is 128 Å². The van der Waals surface area contributed by atoms with Gasteiger partial charge in [-0.05, 0) is 40.3 Å². The summed E-state index contributed by atoms with van der Waals surface area (Å²) in [6, 6.07) is 40.2. The smallest absolute Gasteiger partial charge is 0.120 e. The van der Waals surface area contributed by atoms with Gasteiger partial charge in [0.15, 0.2) is 0 Å². The lowest BCUT2D eigenvalue weighted by Gasteiger charge is -2.30. The maximum atomic E-state index is 6.10. The first-order valence-corrected chi connectivity index (χ1v) is 12.4. The van der Waals surface area contributed by atoms with E-state index in [2.05, 4.69) is 115 Å². The summed E-state index contributed by atoms with van der Waals surface area (Å²) < 4.78 is 6.10. The molecule has 0 bridgehead atoms. The van der Waals surface area contributed by atoms with Crippen molar-refractivity contribution in [3.63, 3.8) is 0 Å². The molecule has 178 valence electrons. The Morgan fingerprint density at radius 2 is 1.26 bits per heavy atom. The molecule has 35 heavy (non-hydrogen) atoms. The van der Waals surface area contributed by atoms with E-state index < -0.39 is 0 Å². The summed E-state index contributed by atoms with van der Waals surface area (Å²) in [5.41, 5.74) is 5.09. The van der Waals surface area contributed by atoms with Crippen molar-refractivity contribution in [3.05, 3.63) is 150 Å². The molecule has 4 aromatic rings. The van der Waals surface area contributed by atoms with Gasteiger partial charge in [0.2, 0.25) is 0 Å². The molecule has 0 fully saturated rings. The molecule has 0 unspecified atom stereocenters. The van der Waals surface area contributed by atoms with Crippen molar-refractivity contribution in [3.8, 4) is 5.75 Å². The molecule has 2 atom stereocenters. The van der Waals surface area contributed by atoms with Crippen molar-refractivity contribution in [2.24, 2.45) is 5.92 Å². The van der Waals surface area contributed by atoms with E-state index in [1.807, 2.05) is 24.3 Å². The van der Waals surface area contributed by atoms with Gasteiger partial charge in [0, 0.05) is 25.6 Å². The Morgan fingerprint density at radius 3 is 1.80 bits per heavy atom. The molecule has 2 nitrogen and oxygen atoms in total. The molecule has 4 rings (SSSR count). The molecular weight excluding hydrogens is 426 g/mol. The van der Waals surface area contributed by atoms with Crippen LogP contribution in [0.1, 0.15) is 35.1 Å². The zero-order chi connectivity index (χ0) is 24.3. The topological polar surface area (TPSA) is 12.5 Å². The maximum Gasteiger partial charge on any atom is 0.120 e. The summed E-state index contributed by atoms with van der Waals surface area (Å²) >= 11 is 0. The number of hydrogen-bond donors (Lipinski definition) is 0. The van der Waals surface area contributed by atoms with E-state index in [-0.39, 0.29) is 5.92 Å². The van der Waals surface area contributed by atoms with Crippen LogP contribution >= 0.6 is 0 Å². The summed E-state index contributed by atoms with van der Waals surface area (Å²) in [6.45, 7) is 9.90. The monoisotopic (exact) mass is 461 g/mol.